The molecule has 0 radical (unpaired) electrons. The highest BCUT2D eigenvalue weighted by Gasteiger charge is 2.12. The Morgan fingerprint density at radius 1 is 1.37 bits per heavy atom. The lowest BCUT2D eigenvalue weighted by Crippen LogP contribution is -2.14. The monoisotopic (exact) mass is 279 g/mol. The Balaban J connectivity index is 2.21. The number of hydrogen-bond donors (Lipinski definition) is 2. The molecule has 8 nitrogen and oxygen atoms in total. The first kappa shape index (κ1) is 13.0. The van der Waals surface area contributed by atoms with Crippen molar-refractivity contribution in [3.63, 3.8) is 0 Å². The standard InChI is InChI=1S/C10H9N5O3S/c1-19-8-3-2-6(4-11-8)13-10-12-5-7(15(17)18)9(16)14-10/h2-5H,1H3,(H2,12,13,14,16). The van der Waals surface area contributed by atoms with Gasteiger partial charge in [-0.15, -0.1) is 11.8 Å². The van der Waals surface area contributed by atoms with Gasteiger partial charge >= 0.3 is 11.2 Å². The van der Waals surface area contributed by atoms with E-state index in [2.05, 4.69) is 20.3 Å². The third-order valence-electron chi connectivity index (χ3n) is 2.19. The summed E-state index contributed by atoms with van der Waals surface area (Å²) in [5.41, 5.74) is -0.785. The van der Waals surface area contributed by atoms with Gasteiger partial charge in [-0.25, -0.2) is 9.97 Å². The second kappa shape index (κ2) is 5.48. The molecular formula is C10H9N5O3S. The number of pyridine rings is 1. The molecule has 0 fully saturated rings. The number of nitrogens with one attached hydrogen (secondary N) is 2. The van der Waals surface area contributed by atoms with Gasteiger partial charge in [0.25, 0.3) is 0 Å². The van der Waals surface area contributed by atoms with E-state index in [9.17, 15) is 14.9 Å². The number of H-pyrrole nitrogens is 1. The minimum absolute atomic E-state index is 0.120. The summed E-state index contributed by atoms with van der Waals surface area (Å²) in [7, 11) is 0. The topological polar surface area (TPSA) is 114 Å². The van der Waals surface area contributed by atoms with Gasteiger partial charge in [-0.1, -0.05) is 0 Å². The number of hydrogen-bond acceptors (Lipinski definition) is 7. The van der Waals surface area contributed by atoms with Gasteiger partial charge in [0.15, 0.2) is 0 Å². The Labute approximate surface area is 111 Å². The van der Waals surface area contributed by atoms with Gasteiger partial charge in [-0.2, -0.15) is 0 Å². The second-order valence-corrected chi connectivity index (χ2v) is 4.24. The maximum atomic E-state index is 11.4. The van der Waals surface area contributed by atoms with Crippen molar-refractivity contribution in [3.05, 3.63) is 45.0 Å². The van der Waals surface area contributed by atoms with Crippen LogP contribution in [-0.2, 0) is 0 Å². The van der Waals surface area contributed by atoms with Crippen LogP contribution in [0.5, 0.6) is 0 Å². The number of aromatic amines is 1. The molecule has 0 spiro atoms. The Morgan fingerprint density at radius 3 is 2.68 bits per heavy atom. The van der Waals surface area contributed by atoms with Crippen molar-refractivity contribution in [3.8, 4) is 0 Å². The molecule has 0 aliphatic rings. The van der Waals surface area contributed by atoms with Gasteiger partial charge in [0, 0.05) is 0 Å². The fraction of sp³-hybridized carbons (Fsp3) is 0.100. The van der Waals surface area contributed by atoms with Gasteiger partial charge in [0.2, 0.25) is 5.95 Å². The number of nitrogens with zero attached hydrogens (tertiary/aromatic N) is 3. The maximum absolute atomic E-state index is 11.4. The van der Waals surface area contributed by atoms with E-state index < -0.39 is 16.2 Å². The zero-order valence-corrected chi connectivity index (χ0v) is 10.6. The molecule has 0 aliphatic heterocycles. The average Bonchev–Trinajstić information content (AvgIpc) is 2.39. The van der Waals surface area contributed by atoms with E-state index in [0.29, 0.717) is 5.69 Å². The molecule has 0 saturated carbocycles. The summed E-state index contributed by atoms with van der Waals surface area (Å²) in [6.07, 6.45) is 4.39. The molecule has 2 aromatic rings. The largest absolute Gasteiger partial charge is 0.352 e. The molecule has 0 unspecified atom stereocenters. The van der Waals surface area contributed by atoms with Crippen LogP contribution in [0.25, 0.3) is 0 Å². The van der Waals surface area contributed by atoms with Gasteiger partial charge in [-0.3, -0.25) is 19.9 Å². The number of rotatable bonds is 4. The van der Waals surface area contributed by atoms with Gasteiger partial charge in [-0.05, 0) is 18.4 Å². The minimum Gasteiger partial charge on any atom is -0.324 e. The minimum atomic E-state index is -0.809. The van der Waals surface area contributed by atoms with Crippen LogP contribution in [0.3, 0.4) is 0 Å². The van der Waals surface area contributed by atoms with Crippen molar-refractivity contribution >= 4 is 29.1 Å². The van der Waals surface area contributed by atoms with Gasteiger partial charge in [0.1, 0.15) is 6.20 Å². The van der Waals surface area contributed by atoms with Crippen molar-refractivity contribution < 1.29 is 4.92 Å². The highest BCUT2D eigenvalue weighted by Crippen LogP contribution is 2.16. The lowest BCUT2D eigenvalue weighted by atomic mass is 10.4. The molecule has 0 bridgehead atoms. The molecule has 2 N–H and O–H groups in total. The Morgan fingerprint density at radius 2 is 2.16 bits per heavy atom. The van der Waals surface area contributed by atoms with Crippen molar-refractivity contribution in [1.82, 2.24) is 15.0 Å². The molecule has 2 aromatic heterocycles. The smallest absolute Gasteiger partial charge is 0.324 e. The molecule has 9 heteroatoms. The molecule has 0 amide bonds. The van der Waals surface area contributed by atoms with E-state index in [1.54, 1.807) is 18.3 Å². The number of aromatic nitrogens is 3. The zero-order valence-electron chi connectivity index (χ0n) is 9.78. The third kappa shape index (κ3) is 3.07. The Hall–Kier alpha value is -2.42. The Kier molecular flexibility index (Phi) is 3.76. The molecule has 0 aromatic carbocycles. The molecule has 19 heavy (non-hydrogen) atoms. The van der Waals surface area contributed by atoms with Crippen molar-refractivity contribution in [2.75, 3.05) is 11.6 Å². The van der Waals surface area contributed by atoms with E-state index >= 15 is 0 Å². The van der Waals surface area contributed by atoms with E-state index in [1.165, 1.54) is 11.8 Å². The normalized spacial score (nSPS) is 10.2. The van der Waals surface area contributed by atoms with Crippen molar-refractivity contribution in [2.24, 2.45) is 0 Å². The van der Waals surface area contributed by atoms with Crippen LogP contribution in [0, 0.1) is 10.1 Å². The summed E-state index contributed by atoms with van der Waals surface area (Å²) in [6, 6.07) is 3.57. The van der Waals surface area contributed by atoms with E-state index in [-0.39, 0.29) is 5.95 Å². The third-order valence-corrected chi connectivity index (χ3v) is 2.85. The van der Waals surface area contributed by atoms with Crippen LogP contribution in [0.2, 0.25) is 0 Å². The summed E-state index contributed by atoms with van der Waals surface area (Å²) in [5, 5.41) is 14.1. The lowest BCUT2D eigenvalue weighted by molar-refractivity contribution is -0.386. The SMILES string of the molecule is CSc1ccc(Nc2ncc([N+](=O)[O-])c(=O)[nH]2)cn1. The first-order valence-electron chi connectivity index (χ1n) is 5.11. The van der Waals surface area contributed by atoms with Crippen LogP contribution in [-0.4, -0.2) is 26.1 Å². The Bertz CT molecular complexity index is 655. The average molecular weight is 279 g/mol. The van der Waals surface area contributed by atoms with E-state index in [1.807, 2.05) is 6.26 Å². The van der Waals surface area contributed by atoms with Gasteiger partial charge < -0.3 is 5.32 Å². The first-order chi connectivity index (χ1) is 9.10. The zero-order chi connectivity index (χ0) is 13.8. The van der Waals surface area contributed by atoms with Crippen molar-refractivity contribution in [1.29, 1.82) is 0 Å². The predicted molar refractivity (Wildman–Crippen MR) is 70.8 cm³/mol. The number of nitro groups is 1. The number of thioether (sulfide) groups is 1. The second-order valence-electron chi connectivity index (χ2n) is 3.42. The van der Waals surface area contributed by atoms with E-state index in [4.69, 9.17) is 0 Å². The quantitative estimate of drug-likeness (QED) is 0.495. The highest BCUT2D eigenvalue weighted by atomic mass is 32.2. The molecule has 2 rings (SSSR count). The van der Waals surface area contributed by atoms with Gasteiger partial charge in [0.05, 0.1) is 21.8 Å². The predicted octanol–water partition coefficient (Wildman–Crippen LogP) is 1.54. The molecule has 98 valence electrons. The van der Waals surface area contributed by atoms with Crippen LogP contribution in [0.4, 0.5) is 17.3 Å². The van der Waals surface area contributed by atoms with Crippen LogP contribution in [0.15, 0.2) is 34.3 Å². The lowest BCUT2D eigenvalue weighted by Gasteiger charge is -2.04. The highest BCUT2D eigenvalue weighted by molar-refractivity contribution is 7.98. The van der Waals surface area contributed by atoms with Crippen LogP contribution >= 0.6 is 11.8 Å². The molecule has 0 atom stereocenters. The summed E-state index contributed by atoms with van der Waals surface area (Å²) < 4.78 is 0. The molecular weight excluding hydrogens is 270 g/mol. The van der Waals surface area contributed by atoms with Crippen LogP contribution < -0.4 is 10.9 Å². The van der Waals surface area contributed by atoms with E-state index in [0.717, 1.165) is 11.2 Å². The molecule has 2 heterocycles. The molecule has 0 aliphatic carbocycles. The molecule has 0 saturated heterocycles. The fourth-order valence-corrected chi connectivity index (χ4v) is 1.66. The summed E-state index contributed by atoms with van der Waals surface area (Å²) in [4.78, 5) is 31.2. The summed E-state index contributed by atoms with van der Waals surface area (Å²) in [6.45, 7) is 0. The van der Waals surface area contributed by atoms with Crippen molar-refractivity contribution in [2.45, 2.75) is 5.03 Å². The summed E-state index contributed by atoms with van der Waals surface area (Å²) >= 11 is 1.50. The van der Waals surface area contributed by atoms with Crippen LogP contribution in [0.1, 0.15) is 0 Å². The first-order valence-corrected chi connectivity index (χ1v) is 6.33. The summed E-state index contributed by atoms with van der Waals surface area (Å²) in [5.74, 6) is 0.120. The number of anilines is 2. The maximum Gasteiger partial charge on any atom is 0.352 e. The fourth-order valence-electron chi connectivity index (χ4n) is 1.29.